The van der Waals surface area contributed by atoms with Gasteiger partial charge in [0.2, 0.25) is 0 Å². The molecule has 0 unspecified atom stereocenters. The van der Waals surface area contributed by atoms with Crippen LogP contribution in [0.1, 0.15) is 12.2 Å². The van der Waals surface area contributed by atoms with Gasteiger partial charge in [0.25, 0.3) is 0 Å². The zero-order chi connectivity index (χ0) is 16.9. The molecule has 6 nitrogen and oxygen atoms in total. The zero-order valence-corrected chi connectivity index (χ0v) is 14.8. The van der Waals surface area contributed by atoms with Crippen LogP contribution in [-0.4, -0.2) is 61.4 Å². The molecule has 3 rings (SSSR count). The molecule has 0 spiro atoms. The first-order valence-electron chi connectivity index (χ1n) is 8.12. The third kappa shape index (κ3) is 4.06. The lowest BCUT2D eigenvalue weighted by atomic mass is 10.2. The van der Waals surface area contributed by atoms with Crippen molar-refractivity contribution in [1.29, 1.82) is 0 Å². The highest BCUT2D eigenvalue weighted by Crippen LogP contribution is 2.34. The number of morpholine rings is 1. The number of halogens is 1. The fraction of sp³-hybridized carbons (Fsp3) is 0.529. The lowest BCUT2D eigenvalue weighted by Gasteiger charge is -2.26. The van der Waals surface area contributed by atoms with Crippen LogP contribution in [0.5, 0.6) is 11.5 Å². The Morgan fingerprint density at radius 2 is 2.00 bits per heavy atom. The van der Waals surface area contributed by atoms with Crippen LogP contribution in [0.2, 0.25) is 5.15 Å². The maximum absolute atomic E-state index is 6.23. The molecule has 0 aliphatic carbocycles. The van der Waals surface area contributed by atoms with E-state index in [1.807, 2.05) is 19.1 Å². The van der Waals surface area contributed by atoms with E-state index < -0.39 is 0 Å². The fourth-order valence-electron chi connectivity index (χ4n) is 2.78. The normalized spacial score (nSPS) is 15.6. The van der Waals surface area contributed by atoms with Crippen LogP contribution in [0.15, 0.2) is 12.1 Å². The van der Waals surface area contributed by atoms with E-state index in [1.54, 1.807) is 7.11 Å². The summed E-state index contributed by atoms with van der Waals surface area (Å²) in [4.78, 5) is 11.0. The van der Waals surface area contributed by atoms with Gasteiger partial charge in [0.1, 0.15) is 11.0 Å². The topological polar surface area (TPSA) is 56.7 Å². The van der Waals surface area contributed by atoms with Gasteiger partial charge in [-0.05, 0) is 19.4 Å². The van der Waals surface area contributed by atoms with E-state index in [2.05, 4.69) is 14.9 Å². The molecule has 130 valence electrons. The molecule has 2 aromatic rings. The van der Waals surface area contributed by atoms with Crippen LogP contribution >= 0.6 is 11.6 Å². The fourth-order valence-corrected chi connectivity index (χ4v) is 3.05. The molecule has 0 saturated carbocycles. The van der Waals surface area contributed by atoms with E-state index >= 15 is 0 Å². The Morgan fingerprint density at radius 3 is 2.75 bits per heavy atom. The van der Waals surface area contributed by atoms with Gasteiger partial charge in [-0.15, -0.1) is 0 Å². The van der Waals surface area contributed by atoms with E-state index in [4.69, 9.17) is 25.8 Å². The first-order chi connectivity index (χ1) is 11.7. The summed E-state index contributed by atoms with van der Waals surface area (Å²) < 4.78 is 16.7. The SMILES string of the molecule is COc1cc2nc(C)nc(Cl)c2cc1OCCCN1CCOCC1. The number of aromatic nitrogens is 2. The second kappa shape index (κ2) is 7.96. The number of rotatable bonds is 6. The molecule has 7 heteroatoms. The van der Waals surface area contributed by atoms with Crippen LogP contribution in [0, 0.1) is 6.92 Å². The highest BCUT2D eigenvalue weighted by Gasteiger charge is 2.13. The lowest BCUT2D eigenvalue weighted by molar-refractivity contribution is 0.0357. The van der Waals surface area contributed by atoms with Gasteiger partial charge in [-0.3, -0.25) is 4.90 Å². The van der Waals surface area contributed by atoms with Crippen LogP contribution in [0.4, 0.5) is 0 Å². The van der Waals surface area contributed by atoms with E-state index in [1.165, 1.54) is 0 Å². The third-order valence-corrected chi connectivity index (χ3v) is 4.31. The quantitative estimate of drug-likeness (QED) is 0.589. The number of hydrogen-bond donors (Lipinski definition) is 0. The Kier molecular flexibility index (Phi) is 5.71. The van der Waals surface area contributed by atoms with Crippen molar-refractivity contribution in [2.45, 2.75) is 13.3 Å². The smallest absolute Gasteiger partial charge is 0.162 e. The first-order valence-corrected chi connectivity index (χ1v) is 8.50. The van der Waals surface area contributed by atoms with Crippen molar-refractivity contribution >= 4 is 22.5 Å². The number of methoxy groups -OCH3 is 1. The van der Waals surface area contributed by atoms with Crippen LogP contribution < -0.4 is 9.47 Å². The summed E-state index contributed by atoms with van der Waals surface area (Å²) in [6, 6.07) is 3.69. The van der Waals surface area contributed by atoms with Crippen molar-refractivity contribution in [3.05, 3.63) is 23.1 Å². The molecule has 0 amide bonds. The number of nitrogens with zero attached hydrogens (tertiary/aromatic N) is 3. The molecule has 0 radical (unpaired) electrons. The van der Waals surface area contributed by atoms with Gasteiger partial charge in [-0.1, -0.05) is 11.6 Å². The Bertz CT molecular complexity index is 705. The van der Waals surface area contributed by atoms with Gasteiger partial charge in [0.05, 0.1) is 32.4 Å². The number of hydrogen-bond acceptors (Lipinski definition) is 6. The summed E-state index contributed by atoms with van der Waals surface area (Å²) in [5.74, 6) is 1.96. The van der Waals surface area contributed by atoms with Gasteiger partial charge >= 0.3 is 0 Å². The molecule has 1 aliphatic rings. The average molecular weight is 352 g/mol. The molecule has 1 aliphatic heterocycles. The Hall–Kier alpha value is -1.63. The zero-order valence-electron chi connectivity index (χ0n) is 14.0. The predicted octanol–water partition coefficient (Wildman–Crippen LogP) is 2.70. The van der Waals surface area contributed by atoms with Gasteiger partial charge in [0.15, 0.2) is 11.5 Å². The van der Waals surface area contributed by atoms with Crippen molar-refractivity contribution < 1.29 is 14.2 Å². The van der Waals surface area contributed by atoms with Crippen LogP contribution in [0.3, 0.4) is 0 Å². The second-order valence-electron chi connectivity index (χ2n) is 5.74. The summed E-state index contributed by atoms with van der Waals surface area (Å²) in [6.07, 6.45) is 0.944. The summed E-state index contributed by atoms with van der Waals surface area (Å²) in [7, 11) is 1.62. The van der Waals surface area contributed by atoms with Crippen LogP contribution in [-0.2, 0) is 4.74 Å². The summed E-state index contributed by atoms with van der Waals surface area (Å²) >= 11 is 6.23. The van der Waals surface area contributed by atoms with Gasteiger partial charge < -0.3 is 14.2 Å². The van der Waals surface area contributed by atoms with E-state index in [0.717, 1.165) is 50.2 Å². The molecular formula is C17H22ClN3O3. The second-order valence-corrected chi connectivity index (χ2v) is 6.10. The molecule has 1 aromatic carbocycles. The molecule has 0 atom stereocenters. The van der Waals surface area contributed by atoms with Crippen molar-refractivity contribution in [3.8, 4) is 11.5 Å². The Labute approximate surface area is 146 Å². The van der Waals surface area contributed by atoms with Crippen molar-refractivity contribution in [2.24, 2.45) is 0 Å². The molecule has 1 aromatic heterocycles. The van der Waals surface area contributed by atoms with Crippen molar-refractivity contribution in [2.75, 3.05) is 46.6 Å². The largest absolute Gasteiger partial charge is 0.493 e. The third-order valence-electron chi connectivity index (χ3n) is 4.03. The minimum Gasteiger partial charge on any atom is -0.493 e. The standard InChI is InChI=1S/C17H22ClN3O3/c1-12-19-14-11-15(22-2)16(10-13(14)17(18)20-12)24-7-3-4-21-5-8-23-9-6-21/h10-11H,3-9H2,1-2H3. The molecule has 0 N–H and O–H groups in total. The first kappa shape index (κ1) is 17.2. The van der Waals surface area contributed by atoms with E-state index in [0.29, 0.717) is 29.1 Å². The monoisotopic (exact) mass is 351 g/mol. The minimum atomic E-state index is 0.429. The summed E-state index contributed by atoms with van der Waals surface area (Å²) in [6.45, 7) is 7.05. The van der Waals surface area contributed by atoms with E-state index in [9.17, 15) is 0 Å². The predicted molar refractivity (Wildman–Crippen MR) is 93.2 cm³/mol. The maximum Gasteiger partial charge on any atom is 0.162 e. The summed E-state index contributed by atoms with van der Waals surface area (Å²) in [5, 5.41) is 1.20. The number of aryl methyl sites for hydroxylation is 1. The molecular weight excluding hydrogens is 330 g/mol. The minimum absolute atomic E-state index is 0.429. The lowest BCUT2D eigenvalue weighted by Crippen LogP contribution is -2.37. The highest BCUT2D eigenvalue weighted by atomic mass is 35.5. The number of benzene rings is 1. The van der Waals surface area contributed by atoms with E-state index in [-0.39, 0.29) is 0 Å². The molecule has 24 heavy (non-hydrogen) atoms. The molecule has 1 fully saturated rings. The molecule has 0 bridgehead atoms. The molecule has 1 saturated heterocycles. The average Bonchev–Trinajstić information content (AvgIpc) is 2.59. The Balaban J connectivity index is 1.66. The Morgan fingerprint density at radius 1 is 1.21 bits per heavy atom. The maximum atomic E-state index is 6.23. The van der Waals surface area contributed by atoms with Crippen molar-refractivity contribution in [1.82, 2.24) is 14.9 Å². The molecule has 2 heterocycles. The van der Waals surface area contributed by atoms with Crippen molar-refractivity contribution in [3.63, 3.8) is 0 Å². The van der Waals surface area contributed by atoms with Gasteiger partial charge in [0, 0.05) is 31.1 Å². The number of fused-ring (bicyclic) bond motifs is 1. The number of ether oxygens (including phenoxy) is 3. The van der Waals surface area contributed by atoms with Crippen LogP contribution in [0.25, 0.3) is 10.9 Å². The highest BCUT2D eigenvalue weighted by molar-refractivity contribution is 6.34. The summed E-state index contributed by atoms with van der Waals surface area (Å²) in [5.41, 5.74) is 0.755. The van der Waals surface area contributed by atoms with Gasteiger partial charge in [-0.2, -0.15) is 0 Å². The van der Waals surface area contributed by atoms with Gasteiger partial charge in [-0.25, -0.2) is 9.97 Å².